The van der Waals surface area contributed by atoms with Crippen LogP contribution < -0.4 is 9.62 Å². The van der Waals surface area contributed by atoms with Crippen molar-refractivity contribution in [2.75, 3.05) is 42.8 Å². The molecule has 5 nitrogen and oxygen atoms in total. The summed E-state index contributed by atoms with van der Waals surface area (Å²) in [6, 6.07) is 5.90. The van der Waals surface area contributed by atoms with Crippen LogP contribution in [0.1, 0.15) is 5.56 Å². The molecule has 1 saturated heterocycles. The zero-order chi connectivity index (χ0) is 13.1. The monoisotopic (exact) mass is 269 g/mol. The lowest BCUT2D eigenvalue weighted by Gasteiger charge is -2.34. The number of piperazine rings is 1. The van der Waals surface area contributed by atoms with E-state index in [1.54, 1.807) is 0 Å². The first-order valence-corrected chi connectivity index (χ1v) is 7.08. The van der Waals surface area contributed by atoms with Gasteiger partial charge in [-0.3, -0.25) is 9.27 Å². The fourth-order valence-corrected chi connectivity index (χ4v) is 2.49. The zero-order valence-corrected chi connectivity index (χ0v) is 11.5. The molecule has 1 aromatic carbocycles. The van der Waals surface area contributed by atoms with Gasteiger partial charge in [-0.1, -0.05) is 0 Å². The first kappa shape index (κ1) is 13.3. The Morgan fingerprint density at radius 3 is 2.50 bits per heavy atom. The highest BCUT2D eigenvalue weighted by Crippen LogP contribution is 2.23. The molecule has 6 heteroatoms. The Bertz CT molecular complexity index is 445. The van der Waals surface area contributed by atoms with E-state index in [4.69, 9.17) is 4.55 Å². The number of nitrogens with one attached hydrogen (secondary N) is 1. The molecule has 1 aliphatic rings. The molecule has 100 valence electrons. The van der Waals surface area contributed by atoms with E-state index in [2.05, 4.69) is 27.6 Å². The van der Waals surface area contributed by atoms with Crippen molar-refractivity contribution in [3.05, 3.63) is 23.8 Å². The van der Waals surface area contributed by atoms with Crippen molar-refractivity contribution >= 4 is 22.6 Å². The number of aryl methyl sites for hydroxylation is 1. The predicted octanol–water partition coefficient (Wildman–Crippen LogP) is 1.30. The van der Waals surface area contributed by atoms with Gasteiger partial charge < -0.3 is 9.80 Å². The maximum atomic E-state index is 10.8. The van der Waals surface area contributed by atoms with E-state index in [0.29, 0.717) is 5.69 Å². The number of rotatable bonds is 3. The Labute approximate surface area is 110 Å². The number of likely N-dealkylation sites (N-methyl/N-ethyl adjacent to an activating group) is 1. The second-order valence-electron chi connectivity index (χ2n) is 4.70. The molecule has 0 aliphatic carbocycles. The van der Waals surface area contributed by atoms with Crippen LogP contribution in [0.2, 0.25) is 0 Å². The Balaban J connectivity index is 2.17. The summed E-state index contributed by atoms with van der Waals surface area (Å²) in [5.74, 6) is 0. The molecule has 18 heavy (non-hydrogen) atoms. The van der Waals surface area contributed by atoms with Crippen molar-refractivity contribution in [2.45, 2.75) is 6.92 Å². The molecule has 0 amide bonds. The second kappa shape index (κ2) is 5.69. The fourth-order valence-electron chi connectivity index (χ4n) is 2.17. The second-order valence-corrected chi connectivity index (χ2v) is 5.40. The van der Waals surface area contributed by atoms with E-state index in [-0.39, 0.29) is 0 Å². The molecule has 0 aromatic heterocycles. The largest absolute Gasteiger partial charge is 0.369 e. The van der Waals surface area contributed by atoms with Crippen LogP contribution in [0.4, 0.5) is 11.4 Å². The highest BCUT2D eigenvalue weighted by atomic mass is 32.2. The summed E-state index contributed by atoms with van der Waals surface area (Å²) in [5, 5.41) is 0. The lowest BCUT2D eigenvalue weighted by atomic mass is 10.1. The topological polar surface area (TPSA) is 55.8 Å². The van der Waals surface area contributed by atoms with Crippen molar-refractivity contribution in [3.8, 4) is 0 Å². The molecular weight excluding hydrogens is 250 g/mol. The SMILES string of the molecule is Cc1cc(NS(=O)O)cc(N2CCN(C)CC2)c1. The van der Waals surface area contributed by atoms with Crippen LogP contribution in [-0.4, -0.2) is 46.9 Å². The van der Waals surface area contributed by atoms with Crippen LogP contribution >= 0.6 is 0 Å². The van der Waals surface area contributed by atoms with Gasteiger partial charge in [0.15, 0.2) is 0 Å². The maximum absolute atomic E-state index is 10.8. The normalized spacial score (nSPS) is 18.7. The van der Waals surface area contributed by atoms with Crippen molar-refractivity contribution in [3.63, 3.8) is 0 Å². The molecule has 0 bridgehead atoms. The number of anilines is 2. The molecule has 1 aromatic rings. The highest BCUT2D eigenvalue weighted by molar-refractivity contribution is 7.80. The minimum absolute atomic E-state index is 0.685. The molecule has 0 saturated carbocycles. The van der Waals surface area contributed by atoms with Gasteiger partial charge in [-0.25, -0.2) is 4.21 Å². The standard InChI is InChI=1S/C12H19N3O2S/c1-10-7-11(13-18(16)17)9-12(8-10)15-5-3-14(2)4-6-15/h7-9,13H,3-6H2,1-2H3,(H,16,17). The van der Waals surface area contributed by atoms with Crippen LogP contribution in [0.3, 0.4) is 0 Å². The highest BCUT2D eigenvalue weighted by Gasteiger charge is 2.15. The third kappa shape index (κ3) is 3.44. The van der Waals surface area contributed by atoms with E-state index >= 15 is 0 Å². The molecule has 0 spiro atoms. The molecular formula is C12H19N3O2S. The van der Waals surface area contributed by atoms with E-state index in [1.807, 2.05) is 19.1 Å². The van der Waals surface area contributed by atoms with Gasteiger partial charge in [0.2, 0.25) is 0 Å². The summed E-state index contributed by atoms with van der Waals surface area (Å²) in [6.45, 7) is 6.06. The Kier molecular flexibility index (Phi) is 4.21. The third-order valence-electron chi connectivity index (χ3n) is 3.14. The number of hydrogen-bond donors (Lipinski definition) is 2. The molecule has 1 heterocycles. The maximum Gasteiger partial charge on any atom is 0.259 e. The fraction of sp³-hybridized carbons (Fsp3) is 0.500. The van der Waals surface area contributed by atoms with Gasteiger partial charge >= 0.3 is 0 Å². The van der Waals surface area contributed by atoms with Gasteiger partial charge in [-0.05, 0) is 37.7 Å². The van der Waals surface area contributed by atoms with E-state index in [9.17, 15) is 4.21 Å². The molecule has 2 N–H and O–H groups in total. The van der Waals surface area contributed by atoms with Gasteiger partial charge in [0, 0.05) is 31.9 Å². The average molecular weight is 269 g/mol. The van der Waals surface area contributed by atoms with Crippen LogP contribution in [0.15, 0.2) is 18.2 Å². The zero-order valence-electron chi connectivity index (χ0n) is 10.7. The van der Waals surface area contributed by atoms with Gasteiger partial charge in [0.1, 0.15) is 0 Å². The number of benzene rings is 1. The summed E-state index contributed by atoms with van der Waals surface area (Å²) >= 11 is -2.02. The van der Waals surface area contributed by atoms with E-state index in [1.165, 1.54) is 0 Å². The summed E-state index contributed by atoms with van der Waals surface area (Å²) in [4.78, 5) is 4.60. The van der Waals surface area contributed by atoms with Crippen LogP contribution in [-0.2, 0) is 11.3 Å². The predicted molar refractivity (Wildman–Crippen MR) is 75.3 cm³/mol. The molecule has 2 rings (SSSR count). The van der Waals surface area contributed by atoms with Gasteiger partial charge in [-0.2, -0.15) is 0 Å². The van der Waals surface area contributed by atoms with Crippen LogP contribution in [0.5, 0.6) is 0 Å². The van der Waals surface area contributed by atoms with Gasteiger partial charge in [0.25, 0.3) is 11.3 Å². The molecule has 1 fully saturated rings. The minimum Gasteiger partial charge on any atom is -0.369 e. The molecule has 0 radical (unpaired) electrons. The van der Waals surface area contributed by atoms with Crippen LogP contribution in [0.25, 0.3) is 0 Å². The van der Waals surface area contributed by atoms with Gasteiger partial charge in [0.05, 0.1) is 5.69 Å². The lowest BCUT2D eigenvalue weighted by Crippen LogP contribution is -2.44. The van der Waals surface area contributed by atoms with E-state index in [0.717, 1.165) is 37.4 Å². The number of nitrogens with zero attached hydrogens (tertiary/aromatic N) is 2. The van der Waals surface area contributed by atoms with Crippen LogP contribution in [0, 0.1) is 6.92 Å². The van der Waals surface area contributed by atoms with Crippen molar-refractivity contribution in [1.29, 1.82) is 0 Å². The first-order chi connectivity index (χ1) is 8.54. The summed E-state index contributed by atoms with van der Waals surface area (Å²) < 4.78 is 22.2. The smallest absolute Gasteiger partial charge is 0.259 e. The van der Waals surface area contributed by atoms with Crippen molar-refractivity contribution in [2.24, 2.45) is 0 Å². The number of hydrogen-bond acceptors (Lipinski definition) is 3. The quantitative estimate of drug-likeness (QED) is 0.812. The first-order valence-electron chi connectivity index (χ1n) is 5.97. The Hall–Kier alpha value is -1.11. The van der Waals surface area contributed by atoms with Gasteiger partial charge in [-0.15, -0.1) is 0 Å². The Morgan fingerprint density at radius 1 is 1.22 bits per heavy atom. The Morgan fingerprint density at radius 2 is 1.89 bits per heavy atom. The molecule has 1 aliphatic heterocycles. The molecule has 1 atom stereocenters. The average Bonchev–Trinajstić information content (AvgIpc) is 2.28. The summed E-state index contributed by atoms with van der Waals surface area (Å²) in [6.07, 6.45) is 0. The van der Waals surface area contributed by atoms with Crippen molar-refractivity contribution < 1.29 is 8.76 Å². The van der Waals surface area contributed by atoms with E-state index < -0.39 is 11.3 Å². The van der Waals surface area contributed by atoms with Crippen molar-refractivity contribution in [1.82, 2.24) is 4.90 Å². The third-order valence-corrected chi connectivity index (χ3v) is 3.55. The molecule has 1 unspecified atom stereocenters. The summed E-state index contributed by atoms with van der Waals surface area (Å²) in [5.41, 5.74) is 2.88. The summed E-state index contributed by atoms with van der Waals surface area (Å²) in [7, 11) is 2.12. The lowest BCUT2D eigenvalue weighted by molar-refractivity contribution is 0.313. The minimum atomic E-state index is -2.02.